The number of hydrogen-bond acceptors (Lipinski definition) is 4. The van der Waals surface area contributed by atoms with Gasteiger partial charge in [-0.2, -0.15) is 0 Å². The van der Waals surface area contributed by atoms with Gasteiger partial charge in [-0.1, -0.05) is 79.6 Å². The molecular weight excluding hydrogens is 364 g/mol. The summed E-state index contributed by atoms with van der Waals surface area (Å²) in [6.45, 7) is 13.9. The monoisotopic (exact) mass is 414 g/mol. The summed E-state index contributed by atoms with van der Waals surface area (Å²) >= 11 is 0. The highest BCUT2D eigenvalue weighted by molar-refractivity contribution is 4.94. The summed E-state index contributed by atoms with van der Waals surface area (Å²) in [4.78, 5) is 0. The summed E-state index contributed by atoms with van der Waals surface area (Å²) in [6.07, 6.45) is 15.2. The van der Waals surface area contributed by atoms with Gasteiger partial charge < -0.3 is 18.9 Å². The van der Waals surface area contributed by atoms with Gasteiger partial charge in [0.15, 0.2) is 0 Å². The van der Waals surface area contributed by atoms with Gasteiger partial charge in [-0.05, 0) is 38.5 Å². The fourth-order valence-electron chi connectivity index (χ4n) is 4.40. The van der Waals surface area contributed by atoms with Crippen LogP contribution in [0.15, 0.2) is 0 Å². The normalized spacial score (nSPS) is 18.7. The van der Waals surface area contributed by atoms with E-state index in [9.17, 15) is 0 Å². The number of hydrogen-bond donors (Lipinski definition) is 0. The molecule has 1 aliphatic heterocycles. The maximum absolute atomic E-state index is 6.53. The quantitative estimate of drug-likeness (QED) is 0.113. The zero-order valence-electron chi connectivity index (χ0n) is 20.2. The highest BCUT2D eigenvalue weighted by Gasteiger charge is 2.56. The lowest BCUT2D eigenvalue weighted by Crippen LogP contribution is -2.56. The van der Waals surface area contributed by atoms with Crippen molar-refractivity contribution in [2.45, 2.75) is 130 Å². The Labute approximate surface area is 181 Å². The van der Waals surface area contributed by atoms with E-state index in [-0.39, 0.29) is 5.41 Å². The first-order chi connectivity index (χ1) is 14.1. The van der Waals surface area contributed by atoms with Crippen molar-refractivity contribution in [2.75, 3.05) is 26.4 Å². The third-order valence-electron chi connectivity index (χ3n) is 5.90. The second-order valence-electron chi connectivity index (χ2n) is 8.81. The van der Waals surface area contributed by atoms with Crippen molar-refractivity contribution in [3.63, 3.8) is 0 Å². The summed E-state index contributed by atoms with van der Waals surface area (Å²) in [5.41, 5.74) is -0.146. The fraction of sp³-hybridized carbons (Fsp3) is 1.00. The Morgan fingerprint density at radius 2 is 1.17 bits per heavy atom. The molecule has 174 valence electrons. The largest absolute Gasteiger partial charge is 0.373 e. The lowest BCUT2D eigenvalue weighted by Gasteiger charge is -2.49. The standard InChI is InChI=1S/C25H50O4/c1-6-11-12-13-14-15-17-24(16-7-2,21-23-22-26-23)25(27-18-8-3,28-19-9-4)29-20-10-5/h23H,6-22H2,1-5H3. The van der Waals surface area contributed by atoms with Crippen LogP contribution < -0.4 is 0 Å². The van der Waals surface area contributed by atoms with E-state index in [2.05, 4.69) is 34.6 Å². The van der Waals surface area contributed by atoms with Crippen molar-refractivity contribution in [3.05, 3.63) is 0 Å². The van der Waals surface area contributed by atoms with Gasteiger partial charge in [0.05, 0.1) is 37.9 Å². The van der Waals surface area contributed by atoms with Gasteiger partial charge in [0.25, 0.3) is 5.97 Å². The van der Waals surface area contributed by atoms with Crippen LogP contribution in [0.4, 0.5) is 0 Å². The zero-order chi connectivity index (χ0) is 21.4. The van der Waals surface area contributed by atoms with Crippen molar-refractivity contribution in [3.8, 4) is 0 Å². The number of ether oxygens (including phenoxy) is 4. The molecule has 0 radical (unpaired) electrons. The van der Waals surface area contributed by atoms with E-state index in [0.29, 0.717) is 25.9 Å². The second kappa shape index (κ2) is 15.6. The first kappa shape index (κ1) is 26.9. The van der Waals surface area contributed by atoms with Crippen LogP contribution in [-0.2, 0) is 18.9 Å². The molecule has 0 aromatic heterocycles. The van der Waals surface area contributed by atoms with Crippen LogP contribution >= 0.6 is 0 Å². The molecule has 0 amide bonds. The Bertz CT molecular complexity index is 361. The molecule has 4 nitrogen and oxygen atoms in total. The highest BCUT2D eigenvalue weighted by Crippen LogP contribution is 2.50. The Kier molecular flexibility index (Phi) is 14.5. The molecule has 0 aromatic carbocycles. The topological polar surface area (TPSA) is 40.2 Å². The van der Waals surface area contributed by atoms with Crippen LogP contribution in [0.3, 0.4) is 0 Å². The number of unbranched alkanes of at least 4 members (excludes halogenated alkanes) is 5. The molecular formula is C25H50O4. The maximum Gasteiger partial charge on any atom is 0.288 e. The molecule has 2 unspecified atom stereocenters. The molecule has 0 aliphatic carbocycles. The molecule has 1 saturated heterocycles. The first-order valence-corrected chi connectivity index (χ1v) is 12.7. The van der Waals surface area contributed by atoms with E-state index in [1.807, 2.05) is 0 Å². The molecule has 0 spiro atoms. The summed E-state index contributed by atoms with van der Waals surface area (Å²) in [7, 11) is 0. The average molecular weight is 415 g/mol. The summed E-state index contributed by atoms with van der Waals surface area (Å²) < 4.78 is 25.3. The molecule has 0 N–H and O–H groups in total. The molecule has 0 bridgehead atoms. The number of rotatable bonds is 21. The minimum Gasteiger partial charge on any atom is -0.373 e. The third-order valence-corrected chi connectivity index (χ3v) is 5.90. The molecule has 0 saturated carbocycles. The Morgan fingerprint density at radius 3 is 1.62 bits per heavy atom. The predicted octanol–water partition coefficient (Wildman–Crippen LogP) is 7.25. The lowest BCUT2D eigenvalue weighted by molar-refractivity contribution is -0.435. The van der Waals surface area contributed by atoms with Gasteiger partial charge >= 0.3 is 0 Å². The smallest absolute Gasteiger partial charge is 0.288 e. The molecule has 1 fully saturated rings. The number of epoxide rings is 1. The van der Waals surface area contributed by atoms with Crippen molar-refractivity contribution < 1.29 is 18.9 Å². The van der Waals surface area contributed by atoms with E-state index in [1.54, 1.807) is 0 Å². The Hall–Kier alpha value is -0.160. The van der Waals surface area contributed by atoms with Gasteiger partial charge in [-0.3, -0.25) is 0 Å². The van der Waals surface area contributed by atoms with Gasteiger partial charge in [0.2, 0.25) is 0 Å². The molecule has 4 heteroatoms. The first-order valence-electron chi connectivity index (χ1n) is 12.7. The molecule has 29 heavy (non-hydrogen) atoms. The Morgan fingerprint density at radius 1 is 0.655 bits per heavy atom. The van der Waals surface area contributed by atoms with Crippen molar-refractivity contribution >= 4 is 0 Å². The van der Waals surface area contributed by atoms with Crippen LogP contribution in [0.1, 0.15) is 118 Å². The molecule has 1 aliphatic rings. The van der Waals surface area contributed by atoms with E-state index >= 15 is 0 Å². The highest BCUT2D eigenvalue weighted by atomic mass is 16.9. The molecule has 2 atom stereocenters. The summed E-state index contributed by atoms with van der Waals surface area (Å²) in [5, 5.41) is 0. The molecule has 1 rings (SSSR count). The minimum absolute atomic E-state index is 0.146. The van der Waals surface area contributed by atoms with E-state index < -0.39 is 5.97 Å². The minimum atomic E-state index is -0.944. The maximum atomic E-state index is 6.53. The van der Waals surface area contributed by atoms with Crippen LogP contribution in [0.5, 0.6) is 0 Å². The van der Waals surface area contributed by atoms with Crippen LogP contribution in [-0.4, -0.2) is 38.5 Å². The predicted molar refractivity (Wildman–Crippen MR) is 121 cm³/mol. The van der Waals surface area contributed by atoms with Gasteiger partial charge in [-0.25, -0.2) is 0 Å². The summed E-state index contributed by atoms with van der Waals surface area (Å²) in [5.74, 6) is -0.944. The van der Waals surface area contributed by atoms with Crippen molar-refractivity contribution in [1.82, 2.24) is 0 Å². The van der Waals surface area contributed by atoms with Crippen molar-refractivity contribution in [2.24, 2.45) is 5.41 Å². The van der Waals surface area contributed by atoms with Crippen LogP contribution in [0.2, 0.25) is 0 Å². The summed E-state index contributed by atoms with van der Waals surface area (Å²) in [6, 6.07) is 0. The second-order valence-corrected chi connectivity index (χ2v) is 8.81. The fourth-order valence-corrected chi connectivity index (χ4v) is 4.40. The lowest BCUT2D eigenvalue weighted by atomic mass is 9.72. The van der Waals surface area contributed by atoms with Gasteiger partial charge in [0.1, 0.15) is 0 Å². The van der Waals surface area contributed by atoms with E-state index in [0.717, 1.165) is 51.6 Å². The third kappa shape index (κ3) is 9.25. The zero-order valence-corrected chi connectivity index (χ0v) is 20.2. The van der Waals surface area contributed by atoms with Gasteiger partial charge in [0, 0.05) is 0 Å². The van der Waals surface area contributed by atoms with Crippen LogP contribution in [0.25, 0.3) is 0 Å². The van der Waals surface area contributed by atoms with Crippen molar-refractivity contribution in [1.29, 1.82) is 0 Å². The molecule has 0 aromatic rings. The molecule has 1 heterocycles. The average Bonchev–Trinajstić information content (AvgIpc) is 3.54. The van der Waals surface area contributed by atoms with E-state index in [1.165, 1.54) is 38.5 Å². The SMILES string of the molecule is CCCCCCCCC(CCC)(CC1CO1)C(OCCC)(OCCC)OCCC. The van der Waals surface area contributed by atoms with Crippen LogP contribution in [0, 0.1) is 5.41 Å². The van der Waals surface area contributed by atoms with Gasteiger partial charge in [-0.15, -0.1) is 0 Å². The van der Waals surface area contributed by atoms with E-state index in [4.69, 9.17) is 18.9 Å². The Balaban J connectivity index is 3.07.